The number of carbonyl (C=O) groups excluding carboxylic acids is 2. The monoisotopic (exact) mass is 874 g/mol. The van der Waals surface area contributed by atoms with Gasteiger partial charge in [0.05, 0.1) is 28.6 Å². The molecule has 1 aliphatic carbocycles. The number of terminal acetylenes is 1. The molecule has 1 N–H and O–H groups in total. The van der Waals surface area contributed by atoms with Crippen LogP contribution in [0.4, 0.5) is 23.8 Å². The molecule has 4 saturated heterocycles. The van der Waals surface area contributed by atoms with E-state index in [9.17, 15) is 19.1 Å². The standard InChI is InChI=1S/C49H49F3N6O6/c1-2-37-40(51)16-11-31-20-35(59)21-38(42(31)37)44-43(52)45-39(23-53-44)46(55-47(54-45)63-28-49-18-5-19-57(49)24-32(50)22-49)56-25-33-12-13-34(26-56)58(33)48(61)62-27-30-8-14-36(15-9-30)64-41(60)17-10-29-6-3-4-7-29/h1,8-9,11,14-16,20-21,23,29,32-34,59H,3-7,10,12-13,17-19,22,24-28H2/t32-,33?,34?,49+/m1/s1. The van der Waals surface area contributed by atoms with E-state index in [0.717, 1.165) is 31.4 Å². The molecule has 4 atom stereocenters. The van der Waals surface area contributed by atoms with Gasteiger partial charge in [-0.2, -0.15) is 9.97 Å². The summed E-state index contributed by atoms with van der Waals surface area (Å²) in [5, 5.41) is 11.6. The molecule has 2 bridgehead atoms. The molecule has 2 aromatic heterocycles. The summed E-state index contributed by atoms with van der Waals surface area (Å²) in [4.78, 5) is 45.9. The predicted molar refractivity (Wildman–Crippen MR) is 233 cm³/mol. The molecule has 5 fully saturated rings. The van der Waals surface area contributed by atoms with E-state index in [1.165, 1.54) is 56.1 Å². The normalized spacial score (nSPS) is 23.2. The maximum absolute atomic E-state index is 17.2. The molecule has 1 saturated carbocycles. The predicted octanol–water partition coefficient (Wildman–Crippen LogP) is 8.63. The van der Waals surface area contributed by atoms with Crippen LogP contribution in [-0.2, 0) is 16.1 Å². The smallest absolute Gasteiger partial charge is 0.410 e. The number of benzene rings is 3. The van der Waals surface area contributed by atoms with Crippen LogP contribution in [0.3, 0.4) is 0 Å². The van der Waals surface area contributed by atoms with Gasteiger partial charge in [0.2, 0.25) is 0 Å². The lowest BCUT2D eigenvalue weighted by molar-refractivity contribution is -0.134. The van der Waals surface area contributed by atoms with Gasteiger partial charge in [0.25, 0.3) is 0 Å². The van der Waals surface area contributed by atoms with Crippen LogP contribution in [0, 0.1) is 29.9 Å². The number of phenols is 1. The molecule has 0 radical (unpaired) electrons. The largest absolute Gasteiger partial charge is 0.508 e. The molecule has 10 rings (SSSR count). The molecule has 2 unspecified atom stereocenters. The zero-order valence-corrected chi connectivity index (χ0v) is 35.4. The van der Waals surface area contributed by atoms with Crippen LogP contribution < -0.4 is 14.4 Å². The number of amides is 1. The zero-order chi connectivity index (χ0) is 44.1. The van der Waals surface area contributed by atoms with Gasteiger partial charge in [0.1, 0.15) is 53.7 Å². The number of alkyl halides is 1. The van der Waals surface area contributed by atoms with Crippen LogP contribution in [0.2, 0.25) is 0 Å². The van der Waals surface area contributed by atoms with Gasteiger partial charge >= 0.3 is 18.1 Å². The topological polar surface area (TPSA) is 130 Å². The first-order chi connectivity index (χ1) is 31.1. The van der Waals surface area contributed by atoms with E-state index in [-0.39, 0.29) is 76.1 Å². The van der Waals surface area contributed by atoms with Gasteiger partial charge in [-0.15, -0.1) is 6.42 Å². The van der Waals surface area contributed by atoms with E-state index in [0.29, 0.717) is 68.2 Å². The van der Waals surface area contributed by atoms with Crippen molar-refractivity contribution in [2.75, 3.05) is 37.7 Å². The molecular formula is C49H49F3N6O6. The van der Waals surface area contributed by atoms with Crippen LogP contribution in [0.5, 0.6) is 17.5 Å². The lowest BCUT2D eigenvalue weighted by Crippen LogP contribution is -2.56. The zero-order valence-electron chi connectivity index (χ0n) is 35.4. The lowest BCUT2D eigenvalue weighted by Gasteiger charge is -2.41. The van der Waals surface area contributed by atoms with Gasteiger partial charge in [-0.3, -0.25) is 19.6 Å². The Hall–Kier alpha value is -6.14. The summed E-state index contributed by atoms with van der Waals surface area (Å²) in [5.74, 6) is 1.81. The second-order valence-corrected chi connectivity index (χ2v) is 18.1. The summed E-state index contributed by atoms with van der Waals surface area (Å²) < 4.78 is 64.7. The first kappa shape index (κ1) is 41.8. The third-order valence-corrected chi connectivity index (χ3v) is 14.1. The van der Waals surface area contributed by atoms with Crippen LogP contribution >= 0.6 is 0 Å². The van der Waals surface area contributed by atoms with Crippen molar-refractivity contribution in [2.24, 2.45) is 5.92 Å². The van der Waals surface area contributed by atoms with Crippen LogP contribution in [-0.4, -0.2) is 98.5 Å². The summed E-state index contributed by atoms with van der Waals surface area (Å²) in [5.41, 5.74) is -0.117. The van der Waals surface area contributed by atoms with Crippen molar-refractivity contribution in [3.8, 4) is 41.1 Å². The van der Waals surface area contributed by atoms with Gasteiger partial charge in [-0.25, -0.2) is 18.0 Å². The quantitative estimate of drug-likeness (QED) is 0.0778. The summed E-state index contributed by atoms with van der Waals surface area (Å²) in [6, 6.07) is 11.7. The van der Waals surface area contributed by atoms with Crippen LogP contribution in [0.15, 0.2) is 54.7 Å². The number of aromatic hydroxyl groups is 1. The number of carbonyl (C=O) groups is 2. The van der Waals surface area contributed by atoms with Gasteiger partial charge in [-0.1, -0.05) is 49.8 Å². The average Bonchev–Trinajstić information content (AvgIpc) is 4.07. The van der Waals surface area contributed by atoms with Gasteiger partial charge < -0.3 is 24.2 Å². The van der Waals surface area contributed by atoms with Crippen molar-refractivity contribution in [2.45, 2.75) is 101 Å². The third-order valence-electron chi connectivity index (χ3n) is 14.1. The number of rotatable bonds is 11. The highest BCUT2D eigenvalue weighted by molar-refractivity contribution is 6.03. The maximum Gasteiger partial charge on any atom is 0.410 e. The number of fused-ring (bicyclic) bond motifs is 5. The number of anilines is 1. The minimum atomic E-state index is -0.982. The Bertz CT molecular complexity index is 2660. The fraction of sp³-hybridized carbons (Fsp3) is 0.449. The van der Waals surface area contributed by atoms with E-state index in [1.807, 2.05) is 4.90 Å². The van der Waals surface area contributed by atoms with E-state index < -0.39 is 29.4 Å². The Kier molecular flexibility index (Phi) is 11.2. The second kappa shape index (κ2) is 17.1. The number of hydrogen-bond acceptors (Lipinski definition) is 11. The minimum Gasteiger partial charge on any atom is -0.508 e. The highest BCUT2D eigenvalue weighted by atomic mass is 19.1. The first-order valence-electron chi connectivity index (χ1n) is 22.4. The molecular weight excluding hydrogens is 826 g/mol. The summed E-state index contributed by atoms with van der Waals surface area (Å²) in [6.45, 7) is 1.93. The van der Waals surface area contributed by atoms with Gasteiger partial charge in [-0.05, 0) is 85.8 Å². The maximum atomic E-state index is 17.2. The lowest BCUT2D eigenvalue weighted by atomic mass is 9.95. The molecule has 332 valence electrons. The van der Waals surface area contributed by atoms with E-state index in [2.05, 4.69) is 20.8 Å². The Balaban J connectivity index is 0.898. The number of esters is 1. The molecule has 64 heavy (non-hydrogen) atoms. The van der Waals surface area contributed by atoms with E-state index >= 15 is 8.78 Å². The average molecular weight is 875 g/mol. The van der Waals surface area contributed by atoms with Crippen molar-refractivity contribution in [3.63, 3.8) is 0 Å². The number of piperazine rings is 1. The van der Waals surface area contributed by atoms with Crippen molar-refractivity contribution >= 4 is 39.6 Å². The number of halogens is 3. The van der Waals surface area contributed by atoms with Crippen LogP contribution in [0.1, 0.15) is 81.8 Å². The number of pyridine rings is 1. The Morgan fingerprint density at radius 2 is 1.75 bits per heavy atom. The number of ether oxygens (including phenoxy) is 3. The Morgan fingerprint density at radius 1 is 0.969 bits per heavy atom. The molecule has 4 aliphatic heterocycles. The van der Waals surface area contributed by atoms with E-state index in [1.54, 1.807) is 29.2 Å². The van der Waals surface area contributed by atoms with E-state index in [4.69, 9.17) is 25.6 Å². The summed E-state index contributed by atoms with van der Waals surface area (Å²) in [7, 11) is 0. The Labute approximate surface area is 368 Å². The Morgan fingerprint density at radius 3 is 2.52 bits per heavy atom. The van der Waals surface area contributed by atoms with Gasteiger partial charge in [0.15, 0.2) is 5.82 Å². The molecule has 12 nitrogen and oxygen atoms in total. The summed E-state index contributed by atoms with van der Waals surface area (Å²) in [6.07, 6.45) is 15.2. The number of hydrogen-bond donors (Lipinski definition) is 1. The van der Waals surface area contributed by atoms with Gasteiger partial charge in [0, 0.05) is 49.6 Å². The molecule has 3 aromatic carbocycles. The molecule has 5 aromatic rings. The molecule has 15 heteroatoms. The number of nitrogens with zero attached hydrogens (tertiary/aromatic N) is 6. The highest BCUT2D eigenvalue weighted by Crippen LogP contribution is 2.43. The first-order valence-corrected chi connectivity index (χ1v) is 22.4. The SMILES string of the molecule is C#Cc1c(F)ccc2cc(O)cc(-c3ncc4c(N5CC6CCC(C5)N6C(=O)OCc5ccc(OC(=O)CCC6CCCC6)cc5)nc(OC[C@@]56CCCN5C[C@H](F)C6)nc4c3F)c12. The second-order valence-electron chi connectivity index (χ2n) is 18.1. The van der Waals surface area contributed by atoms with Crippen molar-refractivity contribution in [1.82, 2.24) is 24.8 Å². The highest BCUT2D eigenvalue weighted by Gasteiger charge is 2.50. The molecule has 5 aliphatic rings. The number of phenolic OH excluding ortho intramolecular Hbond substituents is 1. The summed E-state index contributed by atoms with van der Waals surface area (Å²) >= 11 is 0. The third kappa shape index (κ3) is 7.90. The van der Waals surface area contributed by atoms with Crippen molar-refractivity contribution < 1.29 is 42.1 Å². The minimum absolute atomic E-state index is 0.0327. The van der Waals surface area contributed by atoms with Crippen LogP contribution in [0.25, 0.3) is 32.9 Å². The fourth-order valence-electron chi connectivity index (χ4n) is 11.0. The molecule has 6 heterocycles. The molecule has 0 spiro atoms. The van der Waals surface area contributed by atoms with Crippen molar-refractivity contribution in [1.29, 1.82) is 0 Å². The number of aromatic nitrogens is 3. The van der Waals surface area contributed by atoms with Crippen molar-refractivity contribution in [3.05, 3.63) is 77.5 Å². The fourth-order valence-corrected chi connectivity index (χ4v) is 11.0. The molecule has 1 amide bonds.